The second-order valence-electron chi connectivity index (χ2n) is 6.93. The first-order chi connectivity index (χ1) is 10.3. The van der Waals surface area contributed by atoms with Crippen LogP contribution in [0, 0.1) is 11.3 Å². The fourth-order valence-electron chi connectivity index (χ4n) is 2.72. The van der Waals surface area contributed by atoms with Gasteiger partial charge in [0.05, 0.1) is 11.2 Å². The topological polar surface area (TPSA) is 69.3 Å². The third kappa shape index (κ3) is 2.56. The van der Waals surface area contributed by atoms with Gasteiger partial charge in [-0.15, -0.1) is 0 Å². The molecule has 0 aliphatic carbocycles. The van der Waals surface area contributed by atoms with E-state index in [0.29, 0.717) is 11.2 Å². The van der Waals surface area contributed by atoms with E-state index in [9.17, 15) is 5.26 Å². The van der Waals surface area contributed by atoms with Crippen molar-refractivity contribution >= 4 is 12.6 Å². The molecule has 0 radical (unpaired) electrons. The van der Waals surface area contributed by atoms with Gasteiger partial charge >= 0.3 is 7.12 Å². The molecule has 2 aliphatic rings. The zero-order chi connectivity index (χ0) is 16.0. The van der Waals surface area contributed by atoms with E-state index in [-0.39, 0.29) is 6.23 Å². The molecule has 3 heterocycles. The Bertz CT molecular complexity index is 584. The van der Waals surface area contributed by atoms with E-state index in [1.807, 2.05) is 33.9 Å². The highest BCUT2D eigenvalue weighted by Gasteiger charge is 2.53. The molecule has 1 aromatic heterocycles. The largest absolute Gasteiger partial charge is 0.499 e. The lowest BCUT2D eigenvalue weighted by Gasteiger charge is -2.32. The minimum atomic E-state index is -0.572. The molecular formula is C15H22BN3O3. The van der Waals surface area contributed by atoms with Crippen molar-refractivity contribution in [3.8, 4) is 6.07 Å². The molecule has 22 heavy (non-hydrogen) atoms. The second-order valence-corrected chi connectivity index (χ2v) is 6.93. The Morgan fingerprint density at radius 1 is 1.27 bits per heavy atom. The van der Waals surface area contributed by atoms with Gasteiger partial charge in [-0.25, -0.2) is 4.68 Å². The maximum atomic E-state index is 9.37. The highest BCUT2D eigenvalue weighted by molar-refractivity contribution is 6.62. The minimum Gasteiger partial charge on any atom is -0.399 e. The monoisotopic (exact) mass is 303 g/mol. The van der Waals surface area contributed by atoms with Crippen LogP contribution >= 0.6 is 0 Å². The van der Waals surface area contributed by atoms with Crippen LogP contribution in [0.2, 0.25) is 0 Å². The summed E-state index contributed by atoms with van der Waals surface area (Å²) in [6.07, 6.45) is 4.83. The quantitative estimate of drug-likeness (QED) is 0.779. The third-order valence-corrected chi connectivity index (χ3v) is 4.82. The Hall–Kier alpha value is -1.36. The first kappa shape index (κ1) is 15.5. The zero-order valence-corrected chi connectivity index (χ0v) is 13.6. The van der Waals surface area contributed by atoms with Gasteiger partial charge in [-0.05, 0) is 47.0 Å². The van der Waals surface area contributed by atoms with Gasteiger partial charge in [0.1, 0.15) is 12.3 Å². The van der Waals surface area contributed by atoms with Gasteiger partial charge in [0.25, 0.3) is 0 Å². The third-order valence-electron chi connectivity index (χ3n) is 4.82. The summed E-state index contributed by atoms with van der Waals surface area (Å²) >= 11 is 0. The number of rotatable bonds is 2. The highest BCUT2D eigenvalue weighted by atomic mass is 16.7. The molecule has 6 nitrogen and oxygen atoms in total. The molecule has 0 saturated carbocycles. The van der Waals surface area contributed by atoms with Crippen molar-refractivity contribution in [1.29, 1.82) is 5.26 Å². The normalized spacial score (nSPS) is 26.9. The summed E-state index contributed by atoms with van der Waals surface area (Å²) in [5.74, 6) is 0. The number of nitriles is 1. The molecule has 0 spiro atoms. The van der Waals surface area contributed by atoms with Crippen molar-refractivity contribution < 1.29 is 14.0 Å². The van der Waals surface area contributed by atoms with Gasteiger partial charge in [0.15, 0.2) is 5.69 Å². The molecule has 0 bridgehead atoms. The number of hydrogen-bond acceptors (Lipinski definition) is 5. The van der Waals surface area contributed by atoms with Gasteiger partial charge in [0, 0.05) is 18.3 Å². The Balaban J connectivity index is 1.88. The summed E-state index contributed by atoms with van der Waals surface area (Å²) in [6, 6.07) is 2.14. The predicted octanol–water partition coefficient (Wildman–Crippen LogP) is 1.75. The Morgan fingerprint density at radius 2 is 1.95 bits per heavy atom. The summed E-state index contributed by atoms with van der Waals surface area (Å²) in [7, 11) is -0.572. The van der Waals surface area contributed by atoms with Crippen LogP contribution in [0.25, 0.3) is 0 Å². The fourth-order valence-corrected chi connectivity index (χ4v) is 2.72. The maximum Gasteiger partial charge on any atom is 0.499 e. The van der Waals surface area contributed by atoms with E-state index in [0.717, 1.165) is 25.9 Å². The lowest BCUT2D eigenvalue weighted by molar-refractivity contribution is -0.0395. The van der Waals surface area contributed by atoms with Crippen LogP contribution in [0.3, 0.4) is 0 Å². The molecule has 0 aromatic carbocycles. The van der Waals surface area contributed by atoms with Gasteiger partial charge < -0.3 is 14.0 Å². The van der Waals surface area contributed by atoms with E-state index < -0.39 is 18.3 Å². The lowest BCUT2D eigenvalue weighted by Crippen LogP contribution is -2.41. The average molecular weight is 303 g/mol. The van der Waals surface area contributed by atoms with Crippen LogP contribution in [0.4, 0.5) is 0 Å². The van der Waals surface area contributed by atoms with Crippen molar-refractivity contribution in [2.24, 2.45) is 0 Å². The number of ether oxygens (including phenoxy) is 1. The summed E-state index contributed by atoms with van der Waals surface area (Å²) in [5.41, 5.74) is 0.143. The molecule has 0 N–H and O–H groups in total. The van der Waals surface area contributed by atoms with Crippen LogP contribution in [0.5, 0.6) is 0 Å². The van der Waals surface area contributed by atoms with Gasteiger partial charge in [-0.3, -0.25) is 0 Å². The second kappa shape index (κ2) is 5.37. The minimum absolute atomic E-state index is 0.1000. The zero-order valence-electron chi connectivity index (χ0n) is 13.6. The summed E-state index contributed by atoms with van der Waals surface area (Å²) < 4.78 is 19.5. The van der Waals surface area contributed by atoms with E-state index >= 15 is 0 Å². The molecular weight excluding hydrogens is 281 g/mol. The first-order valence-electron chi connectivity index (χ1n) is 7.80. The number of nitrogens with zero attached hydrogens (tertiary/aromatic N) is 3. The first-order valence-corrected chi connectivity index (χ1v) is 7.80. The van der Waals surface area contributed by atoms with Crippen LogP contribution in [-0.4, -0.2) is 34.7 Å². The molecule has 1 unspecified atom stereocenters. The SMILES string of the molecule is CC1(C)OB(c2cn(C3CCCCO3)nc2C#N)OC1(C)C. The Morgan fingerprint density at radius 3 is 2.50 bits per heavy atom. The van der Waals surface area contributed by atoms with Crippen molar-refractivity contribution in [2.75, 3.05) is 6.61 Å². The lowest BCUT2D eigenvalue weighted by atomic mass is 9.79. The molecule has 2 aliphatic heterocycles. The van der Waals surface area contributed by atoms with Crippen molar-refractivity contribution in [3.63, 3.8) is 0 Å². The van der Waals surface area contributed by atoms with E-state index in [1.165, 1.54) is 0 Å². The van der Waals surface area contributed by atoms with Crippen LogP contribution in [0.1, 0.15) is 58.9 Å². The smallest absolute Gasteiger partial charge is 0.399 e. The van der Waals surface area contributed by atoms with E-state index in [1.54, 1.807) is 4.68 Å². The molecule has 2 fully saturated rings. The Labute approximate surface area is 131 Å². The molecule has 1 atom stereocenters. The van der Waals surface area contributed by atoms with Crippen LogP contribution in [0.15, 0.2) is 6.20 Å². The van der Waals surface area contributed by atoms with Crippen LogP contribution < -0.4 is 5.46 Å². The molecule has 1 aromatic rings. The standard InChI is InChI=1S/C15H22BN3O3/c1-14(2)15(3,4)22-16(21-14)11-10-19(18-12(11)9-17)13-7-5-6-8-20-13/h10,13H,5-8H2,1-4H3. The fraction of sp³-hybridized carbons (Fsp3) is 0.733. The van der Waals surface area contributed by atoms with Crippen molar-refractivity contribution in [1.82, 2.24) is 9.78 Å². The van der Waals surface area contributed by atoms with Crippen molar-refractivity contribution in [3.05, 3.63) is 11.9 Å². The van der Waals surface area contributed by atoms with E-state index in [2.05, 4.69) is 11.2 Å². The summed E-state index contributed by atoms with van der Waals surface area (Å²) in [4.78, 5) is 0. The molecule has 0 amide bonds. The number of aromatic nitrogens is 2. The van der Waals surface area contributed by atoms with Gasteiger partial charge in [-0.1, -0.05) is 0 Å². The average Bonchev–Trinajstić information content (AvgIpc) is 2.99. The number of hydrogen-bond donors (Lipinski definition) is 0. The molecule has 3 rings (SSSR count). The maximum absolute atomic E-state index is 9.37. The van der Waals surface area contributed by atoms with Gasteiger partial charge in [-0.2, -0.15) is 10.4 Å². The Kier molecular flexibility index (Phi) is 3.80. The van der Waals surface area contributed by atoms with Gasteiger partial charge in [0.2, 0.25) is 0 Å². The molecule has 118 valence electrons. The van der Waals surface area contributed by atoms with Crippen molar-refractivity contribution in [2.45, 2.75) is 64.4 Å². The summed E-state index contributed by atoms with van der Waals surface area (Å²) in [6.45, 7) is 8.71. The van der Waals surface area contributed by atoms with E-state index in [4.69, 9.17) is 14.0 Å². The highest BCUT2D eigenvalue weighted by Crippen LogP contribution is 2.36. The molecule has 7 heteroatoms. The van der Waals surface area contributed by atoms with Crippen LogP contribution in [-0.2, 0) is 14.0 Å². The predicted molar refractivity (Wildman–Crippen MR) is 81.5 cm³/mol. The molecule has 2 saturated heterocycles. The summed E-state index contributed by atoms with van der Waals surface area (Å²) in [5, 5.41) is 13.7.